The Bertz CT molecular complexity index is 441. The zero-order valence-electron chi connectivity index (χ0n) is 14.6. The van der Waals surface area contributed by atoms with Crippen molar-refractivity contribution in [3.8, 4) is 0 Å². The molecule has 0 radical (unpaired) electrons. The maximum absolute atomic E-state index is 12.5. The molecule has 4 nitrogen and oxygen atoms in total. The first kappa shape index (κ1) is 19.4. The Morgan fingerprint density at radius 3 is 1.85 bits per heavy atom. The first-order chi connectivity index (χ1) is 8.58. The van der Waals surface area contributed by atoms with E-state index in [4.69, 9.17) is 0 Å². The normalized spacial score (nSPS) is 17.7. The fraction of sp³-hybridized carbons (Fsp3) is 0.867. The lowest BCUT2D eigenvalue weighted by molar-refractivity contribution is -0.134. The van der Waals surface area contributed by atoms with Crippen molar-refractivity contribution in [1.82, 2.24) is 9.21 Å². The Kier molecular flexibility index (Phi) is 5.89. The van der Waals surface area contributed by atoms with Gasteiger partial charge in [-0.3, -0.25) is 9.00 Å². The number of likely N-dealkylation sites (N-methyl/N-ethyl adjacent to an activating group) is 1. The van der Waals surface area contributed by atoms with Crippen molar-refractivity contribution in [1.29, 1.82) is 0 Å². The van der Waals surface area contributed by atoms with Gasteiger partial charge in [0.25, 0.3) is 0 Å². The molecule has 5 heteroatoms. The second-order valence-corrected chi connectivity index (χ2v) is 10.1. The van der Waals surface area contributed by atoms with Gasteiger partial charge in [0.05, 0.1) is 6.54 Å². The molecule has 0 fully saturated rings. The number of hydrogen-bond acceptors (Lipinski definition) is 2. The number of carbonyl (C=O) groups excluding carboxylic acids is 1. The van der Waals surface area contributed by atoms with Crippen LogP contribution in [0.3, 0.4) is 0 Å². The standard InChI is InChI=1S/C15H32N2O2S/c1-12(14(2,3)4)16(8)13(18)11-17(15(5,6)7)20(9,10)19/h12H,9,11H2,1-8,10H3/t12-,20?/m0/s1. The molecule has 0 N–H and O–H groups in total. The van der Waals surface area contributed by atoms with Crippen LogP contribution in [-0.2, 0) is 14.5 Å². The molecule has 0 saturated heterocycles. The minimum Gasteiger partial charge on any atom is -0.341 e. The van der Waals surface area contributed by atoms with Crippen LogP contribution in [0.4, 0.5) is 0 Å². The molecule has 0 aromatic carbocycles. The summed E-state index contributed by atoms with van der Waals surface area (Å²) >= 11 is 0. The first-order valence-corrected chi connectivity index (χ1v) is 9.03. The zero-order chi connectivity index (χ0) is 16.5. The third-order valence-corrected chi connectivity index (χ3v) is 5.33. The molecule has 1 amide bonds. The second kappa shape index (κ2) is 6.06. The quantitative estimate of drug-likeness (QED) is 0.747. The van der Waals surface area contributed by atoms with Gasteiger partial charge in [-0.1, -0.05) is 20.8 Å². The average Bonchev–Trinajstić information content (AvgIpc) is 2.18. The van der Waals surface area contributed by atoms with Crippen LogP contribution in [0, 0.1) is 5.41 Å². The maximum atomic E-state index is 12.5. The van der Waals surface area contributed by atoms with Crippen molar-refractivity contribution in [2.24, 2.45) is 5.41 Å². The molecule has 120 valence electrons. The van der Waals surface area contributed by atoms with Gasteiger partial charge in [0.1, 0.15) is 0 Å². The fourth-order valence-corrected chi connectivity index (χ4v) is 3.53. The summed E-state index contributed by atoms with van der Waals surface area (Å²) in [6, 6.07) is 0.106. The summed E-state index contributed by atoms with van der Waals surface area (Å²) in [6.07, 6.45) is 1.58. The maximum Gasteiger partial charge on any atom is 0.237 e. The van der Waals surface area contributed by atoms with Crippen LogP contribution < -0.4 is 0 Å². The van der Waals surface area contributed by atoms with Crippen LogP contribution in [0.1, 0.15) is 48.5 Å². The van der Waals surface area contributed by atoms with Gasteiger partial charge in [-0.25, -0.2) is 4.31 Å². The molecule has 2 atom stereocenters. The summed E-state index contributed by atoms with van der Waals surface area (Å²) in [4.78, 5) is 14.2. The highest BCUT2D eigenvalue weighted by atomic mass is 32.2. The molecule has 0 saturated carbocycles. The Balaban J connectivity index is 5.15. The lowest BCUT2D eigenvalue weighted by Gasteiger charge is -2.39. The molecule has 0 aliphatic carbocycles. The third kappa shape index (κ3) is 5.44. The molecule has 0 aromatic heterocycles. The van der Waals surface area contributed by atoms with Gasteiger partial charge < -0.3 is 4.90 Å². The van der Waals surface area contributed by atoms with E-state index in [2.05, 4.69) is 26.6 Å². The van der Waals surface area contributed by atoms with Gasteiger partial charge >= 0.3 is 0 Å². The van der Waals surface area contributed by atoms with E-state index in [0.717, 1.165) is 0 Å². The predicted molar refractivity (Wildman–Crippen MR) is 89.3 cm³/mol. The Hall–Kier alpha value is -0.550. The topological polar surface area (TPSA) is 40.6 Å². The molecular weight excluding hydrogens is 272 g/mol. The summed E-state index contributed by atoms with van der Waals surface area (Å²) in [5, 5.41) is 0. The van der Waals surface area contributed by atoms with Gasteiger partial charge in [0.15, 0.2) is 0 Å². The molecule has 1 unspecified atom stereocenters. The van der Waals surface area contributed by atoms with Crippen molar-refractivity contribution in [3.63, 3.8) is 0 Å². The van der Waals surface area contributed by atoms with Crippen LogP contribution in [0.2, 0.25) is 0 Å². The lowest BCUT2D eigenvalue weighted by Crippen LogP contribution is -2.52. The number of amides is 1. The molecule has 0 rings (SSSR count). The lowest BCUT2D eigenvalue weighted by atomic mass is 9.87. The fourth-order valence-electron chi connectivity index (χ4n) is 1.98. The van der Waals surface area contributed by atoms with Crippen molar-refractivity contribution in [2.75, 3.05) is 19.8 Å². The highest BCUT2D eigenvalue weighted by Gasteiger charge is 2.32. The second-order valence-electron chi connectivity index (χ2n) is 7.71. The van der Waals surface area contributed by atoms with Gasteiger partial charge in [-0.05, 0) is 39.0 Å². The van der Waals surface area contributed by atoms with Crippen LogP contribution >= 0.6 is 0 Å². The number of carbonyl (C=O) groups is 1. The smallest absolute Gasteiger partial charge is 0.237 e. The van der Waals surface area contributed by atoms with Crippen molar-refractivity contribution in [3.05, 3.63) is 0 Å². The SMILES string of the molecule is C=S(C)(=O)N(CC(=O)N(C)[C@@H](C)C(C)(C)C)C(C)(C)C. The molecule has 0 aliphatic rings. The van der Waals surface area contributed by atoms with Gasteiger partial charge in [-0.2, -0.15) is 0 Å². The number of nitrogens with zero attached hydrogens (tertiary/aromatic N) is 2. The molecular formula is C15H32N2O2S. The Morgan fingerprint density at radius 2 is 1.60 bits per heavy atom. The largest absolute Gasteiger partial charge is 0.341 e. The number of hydrogen-bond donors (Lipinski definition) is 0. The average molecular weight is 305 g/mol. The summed E-state index contributed by atoms with van der Waals surface area (Å²) in [5.41, 5.74) is -0.357. The molecule has 0 spiro atoms. The van der Waals surface area contributed by atoms with Crippen LogP contribution in [0.5, 0.6) is 0 Å². The van der Waals surface area contributed by atoms with Gasteiger partial charge in [0.2, 0.25) is 5.91 Å². The number of rotatable bonds is 4. The molecule has 20 heavy (non-hydrogen) atoms. The van der Waals surface area contributed by atoms with Crippen molar-refractivity contribution in [2.45, 2.75) is 60.0 Å². The van der Waals surface area contributed by atoms with E-state index in [0.29, 0.717) is 0 Å². The zero-order valence-corrected chi connectivity index (χ0v) is 15.4. The molecule has 0 aromatic rings. The highest BCUT2D eigenvalue weighted by molar-refractivity contribution is 7.97. The summed E-state index contributed by atoms with van der Waals surface area (Å²) < 4.78 is 14.0. The van der Waals surface area contributed by atoms with Crippen molar-refractivity contribution < 1.29 is 9.00 Å². The first-order valence-electron chi connectivity index (χ1n) is 6.94. The van der Waals surface area contributed by atoms with E-state index in [1.54, 1.807) is 22.5 Å². The monoisotopic (exact) mass is 304 g/mol. The van der Waals surface area contributed by atoms with E-state index in [1.807, 2.05) is 27.7 Å². The van der Waals surface area contributed by atoms with E-state index in [1.165, 1.54) is 0 Å². The van der Waals surface area contributed by atoms with Gasteiger partial charge in [0, 0.05) is 34.6 Å². The third-order valence-electron chi connectivity index (χ3n) is 3.72. The molecule has 0 heterocycles. The van der Waals surface area contributed by atoms with E-state index in [-0.39, 0.29) is 29.4 Å². The van der Waals surface area contributed by atoms with E-state index >= 15 is 0 Å². The van der Waals surface area contributed by atoms with E-state index < -0.39 is 9.71 Å². The van der Waals surface area contributed by atoms with Crippen molar-refractivity contribution >= 4 is 21.5 Å². The van der Waals surface area contributed by atoms with Gasteiger partial charge in [-0.15, -0.1) is 0 Å². The Labute approximate surface area is 125 Å². The summed E-state index contributed by atoms with van der Waals surface area (Å²) in [5.74, 6) is 3.70. The van der Waals surface area contributed by atoms with E-state index in [9.17, 15) is 9.00 Å². The Morgan fingerprint density at radius 1 is 1.20 bits per heavy atom. The summed E-state index contributed by atoms with van der Waals surface area (Å²) in [6.45, 7) is 14.3. The molecule has 0 bridgehead atoms. The minimum absolute atomic E-state index is 0.00899. The molecule has 0 aliphatic heterocycles. The van der Waals surface area contributed by atoms with Crippen LogP contribution in [-0.4, -0.2) is 56.6 Å². The predicted octanol–water partition coefficient (Wildman–Crippen LogP) is 2.24. The summed E-state index contributed by atoms with van der Waals surface area (Å²) in [7, 11) is -0.621. The van der Waals surface area contributed by atoms with Crippen LogP contribution in [0.25, 0.3) is 0 Å². The van der Waals surface area contributed by atoms with Crippen LogP contribution in [0.15, 0.2) is 0 Å². The minimum atomic E-state index is -2.43. The highest BCUT2D eigenvalue weighted by Crippen LogP contribution is 2.24.